The number of nitrogens with one attached hydrogen (secondary N) is 1. The average Bonchev–Trinajstić information content (AvgIpc) is 2.97. The number of piperidine rings is 1. The van der Waals surface area contributed by atoms with Crippen molar-refractivity contribution in [2.75, 3.05) is 52.9 Å². The van der Waals surface area contributed by atoms with Crippen LogP contribution in [0.15, 0.2) is 5.38 Å². The van der Waals surface area contributed by atoms with Crippen LogP contribution in [-0.4, -0.2) is 67.7 Å². The summed E-state index contributed by atoms with van der Waals surface area (Å²) in [7, 11) is 1.75. The maximum absolute atomic E-state index is 5.37. The summed E-state index contributed by atoms with van der Waals surface area (Å²) >= 11 is 1.72. The second kappa shape index (κ2) is 9.25. The molecule has 2 atom stereocenters. The third-order valence-corrected chi connectivity index (χ3v) is 6.31. The van der Waals surface area contributed by atoms with Gasteiger partial charge in [-0.15, -0.1) is 11.3 Å². The molecular formula is C18H32N4OS. The molecule has 1 aromatic heterocycles. The van der Waals surface area contributed by atoms with E-state index in [0.717, 1.165) is 24.0 Å². The SMILES string of the molecule is COC(C)c1nc(CN2CCCN(CC3CCCNC3)CC2)cs1. The number of methoxy groups -OCH3 is 1. The third-order valence-electron chi connectivity index (χ3n) is 5.25. The summed E-state index contributed by atoms with van der Waals surface area (Å²) < 4.78 is 5.37. The Labute approximate surface area is 150 Å². The highest BCUT2D eigenvalue weighted by Crippen LogP contribution is 2.21. The summed E-state index contributed by atoms with van der Waals surface area (Å²) in [4.78, 5) is 9.99. The van der Waals surface area contributed by atoms with Gasteiger partial charge >= 0.3 is 0 Å². The summed E-state index contributed by atoms with van der Waals surface area (Å²) in [6, 6.07) is 0. The van der Waals surface area contributed by atoms with E-state index in [1.54, 1.807) is 18.4 Å². The van der Waals surface area contributed by atoms with Gasteiger partial charge in [-0.2, -0.15) is 0 Å². The van der Waals surface area contributed by atoms with E-state index in [2.05, 4.69) is 27.4 Å². The van der Waals surface area contributed by atoms with Crippen LogP contribution in [0, 0.1) is 5.92 Å². The second-order valence-electron chi connectivity index (χ2n) is 7.20. The van der Waals surface area contributed by atoms with Gasteiger partial charge in [-0.3, -0.25) is 4.90 Å². The van der Waals surface area contributed by atoms with E-state index in [4.69, 9.17) is 9.72 Å². The molecule has 0 radical (unpaired) electrons. The Balaban J connectivity index is 1.45. The monoisotopic (exact) mass is 352 g/mol. The van der Waals surface area contributed by atoms with E-state index in [9.17, 15) is 0 Å². The smallest absolute Gasteiger partial charge is 0.122 e. The van der Waals surface area contributed by atoms with E-state index in [1.165, 1.54) is 64.2 Å². The summed E-state index contributed by atoms with van der Waals surface area (Å²) in [6.07, 6.45) is 4.11. The van der Waals surface area contributed by atoms with Gasteiger partial charge in [0.25, 0.3) is 0 Å². The molecule has 0 saturated carbocycles. The predicted molar refractivity (Wildman–Crippen MR) is 99.5 cm³/mol. The maximum Gasteiger partial charge on any atom is 0.122 e. The van der Waals surface area contributed by atoms with E-state index in [0.29, 0.717) is 0 Å². The summed E-state index contributed by atoms with van der Waals surface area (Å²) in [6.45, 7) is 11.5. The predicted octanol–water partition coefficient (Wildman–Crippen LogP) is 2.36. The zero-order chi connectivity index (χ0) is 16.8. The number of aromatic nitrogens is 1. The lowest BCUT2D eigenvalue weighted by atomic mass is 9.99. The van der Waals surface area contributed by atoms with Gasteiger partial charge in [-0.05, 0) is 58.3 Å². The van der Waals surface area contributed by atoms with Crippen LogP contribution in [0.5, 0.6) is 0 Å². The van der Waals surface area contributed by atoms with Crippen LogP contribution in [0.4, 0.5) is 0 Å². The van der Waals surface area contributed by atoms with Gasteiger partial charge in [0.05, 0.1) is 5.69 Å². The number of ether oxygens (including phenoxy) is 1. The summed E-state index contributed by atoms with van der Waals surface area (Å²) in [5.74, 6) is 0.849. The molecule has 2 aliphatic rings. The minimum Gasteiger partial charge on any atom is -0.375 e. The molecule has 0 amide bonds. The molecule has 24 heavy (non-hydrogen) atoms. The van der Waals surface area contributed by atoms with Crippen LogP contribution < -0.4 is 5.32 Å². The highest BCUT2D eigenvalue weighted by Gasteiger charge is 2.20. The molecule has 2 unspecified atom stereocenters. The van der Waals surface area contributed by atoms with Crippen LogP contribution in [0.1, 0.15) is 43.0 Å². The van der Waals surface area contributed by atoms with E-state index < -0.39 is 0 Å². The van der Waals surface area contributed by atoms with Crippen molar-refractivity contribution >= 4 is 11.3 Å². The first kappa shape index (κ1) is 18.3. The number of thiazole rings is 1. The van der Waals surface area contributed by atoms with Crippen molar-refractivity contribution in [3.05, 3.63) is 16.1 Å². The Hall–Kier alpha value is -0.530. The van der Waals surface area contributed by atoms with Crippen LogP contribution in [0.3, 0.4) is 0 Å². The van der Waals surface area contributed by atoms with Crippen molar-refractivity contribution < 1.29 is 4.74 Å². The first-order valence-corrected chi connectivity index (χ1v) is 10.2. The van der Waals surface area contributed by atoms with Crippen LogP contribution in [0.25, 0.3) is 0 Å². The summed E-state index contributed by atoms with van der Waals surface area (Å²) in [5.41, 5.74) is 1.20. The summed E-state index contributed by atoms with van der Waals surface area (Å²) in [5, 5.41) is 6.83. The molecule has 3 rings (SSSR count). The normalized spacial score (nSPS) is 25.5. The molecule has 2 aliphatic heterocycles. The first-order chi connectivity index (χ1) is 11.7. The van der Waals surface area contributed by atoms with Crippen molar-refractivity contribution in [2.24, 2.45) is 5.92 Å². The van der Waals surface area contributed by atoms with Crippen LogP contribution >= 0.6 is 11.3 Å². The quantitative estimate of drug-likeness (QED) is 0.851. The molecule has 0 bridgehead atoms. The molecular weight excluding hydrogens is 320 g/mol. The first-order valence-electron chi connectivity index (χ1n) is 9.37. The van der Waals surface area contributed by atoms with Gasteiger partial charge in [-0.25, -0.2) is 4.98 Å². The molecule has 0 aromatic carbocycles. The largest absolute Gasteiger partial charge is 0.375 e. The molecule has 2 fully saturated rings. The molecule has 6 heteroatoms. The Morgan fingerprint density at radius 2 is 2.12 bits per heavy atom. The third kappa shape index (κ3) is 5.23. The molecule has 136 valence electrons. The number of rotatable bonds is 6. The number of hydrogen-bond acceptors (Lipinski definition) is 6. The Morgan fingerprint density at radius 1 is 1.29 bits per heavy atom. The fourth-order valence-corrected chi connectivity index (χ4v) is 4.56. The van der Waals surface area contributed by atoms with Crippen LogP contribution in [0.2, 0.25) is 0 Å². The van der Waals surface area contributed by atoms with Crippen molar-refractivity contribution in [1.29, 1.82) is 0 Å². The molecule has 3 heterocycles. The lowest BCUT2D eigenvalue weighted by molar-refractivity contribution is 0.119. The Kier molecular flexibility index (Phi) is 7.04. The standard InChI is InChI=1S/C18H32N4OS/c1-15(23-2)18-20-17(14-24-18)13-22-8-4-7-21(9-10-22)12-16-5-3-6-19-11-16/h14-16,19H,3-13H2,1-2H3. The highest BCUT2D eigenvalue weighted by molar-refractivity contribution is 7.09. The fraction of sp³-hybridized carbons (Fsp3) is 0.833. The topological polar surface area (TPSA) is 40.6 Å². The van der Waals surface area contributed by atoms with Gasteiger partial charge in [0, 0.05) is 38.7 Å². The minimum absolute atomic E-state index is 0.104. The second-order valence-corrected chi connectivity index (χ2v) is 8.09. The fourth-order valence-electron chi connectivity index (χ4n) is 3.72. The molecule has 1 N–H and O–H groups in total. The van der Waals surface area contributed by atoms with Gasteiger partial charge < -0.3 is 15.0 Å². The van der Waals surface area contributed by atoms with Crippen molar-refractivity contribution in [2.45, 2.75) is 38.8 Å². The van der Waals surface area contributed by atoms with Crippen molar-refractivity contribution in [3.63, 3.8) is 0 Å². The molecule has 0 spiro atoms. The number of nitrogens with zero attached hydrogens (tertiary/aromatic N) is 3. The van der Waals surface area contributed by atoms with Gasteiger partial charge in [0.1, 0.15) is 11.1 Å². The molecule has 5 nitrogen and oxygen atoms in total. The number of hydrogen-bond donors (Lipinski definition) is 1. The molecule has 1 aromatic rings. The van der Waals surface area contributed by atoms with Crippen molar-refractivity contribution in [3.8, 4) is 0 Å². The Bertz CT molecular complexity index is 489. The van der Waals surface area contributed by atoms with E-state index in [1.807, 2.05) is 0 Å². The highest BCUT2D eigenvalue weighted by atomic mass is 32.1. The van der Waals surface area contributed by atoms with Crippen molar-refractivity contribution in [1.82, 2.24) is 20.1 Å². The average molecular weight is 353 g/mol. The van der Waals surface area contributed by atoms with Gasteiger partial charge in [0.2, 0.25) is 0 Å². The lowest BCUT2D eigenvalue weighted by Gasteiger charge is -2.29. The van der Waals surface area contributed by atoms with Crippen LogP contribution in [-0.2, 0) is 11.3 Å². The molecule has 2 saturated heterocycles. The minimum atomic E-state index is 0.104. The van der Waals surface area contributed by atoms with Gasteiger partial charge in [0.15, 0.2) is 0 Å². The van der Waals surface area contributed by atoms with E-state index >= 15 is 0 Å². The maximum atomic E-state index is 5.37. The Morgan fingerprint density at radius 3 is 2.92 bits per heavy atom. The zero-order valence-electron chi connectivity index (χ0n) is 15.2. The van der Waals surface area contributed by atoms with Gasteiger partial charge in [-0.1, -0.05) is 0 Å². The lowest BCUT2D eigenvalue weighted by Crippen LogP contribution is -2.39. The van der Waals surface area contributed by atoms with E-state index in [-0.39, 0.29) is 6.10 Å². The molecule has 0 aliphatic carbocycles. The zero-order valence-corrected chi connectivity index (χ0v) is 16.0.